The molecule has 0 spiro atoms. The van der Waals surface area contributed by atoms with E-state index >= 15 is 0 Å². The van der Waals surface area contributed by atoms with Crippen LogP contribution in [0.1, 0.15) is 33.4 Å². The Morgan fingerprint density at radius 1 is 1.43 bits per heavy atom. The van der Waals surface area contributed by atoms with Crippen LogP contribution in [0.4, 0.5) is 0 Å². The van der Waals surface area contributed by atoms with Gasteiger partial charge in [0.15, 0.2) is 0 Å². The number of sulfonamides is 1. The number of hydrogen-bond acceptors (Lipinski definition) is 6. The SMILES string of the molecule is Cc1sc(C(=O)O)cc1S(=O)(=O)NC(C)(C)c1nccs1. The number of carbonyl (C=O) groups is 1. The summed E-state index contributed by atoms with van der Waals surface area (Å²) < 4.78 is 27.5. The number of nitrogens with zero attached hydrogens (tertiary/aromatic N) is 1. The van der Waals surface area contributed by atoms with Crippen molar-refractivity contribution in [3.63, 3.8) is 0 Å². The second-order valence-electron chi connectivity index (χ2n) is 4.90. The lowest BCUT2D eigenvalue weighted by molar-refractivity contribution is 0.0702. The summed E-state index contributed by atoms with van der Waals surface area (Å²) in [5.74, 6) is -1.14. The third-order valence-electron chi connectivity index (χ3n) is 2.73. The van der Waals surface area contributed by atoms with Crippen molar-refractivity contribution in [1.82, 2.24) is 9.71 Å². The summed E-state index contributed by atoms with van der Waals surface area (Å²) in [6.45, 7) is 5.01. The number of thiazole rings is 1. The van der Waals surface area contributed by atoms with Crippen molar-refractivity contribution in [3.8, 4) is 0 Å². The molecule has 0 saturated carbocycles. The van der Waals surface area contributed by atoms with E-state index < -0.39 is 21.5 Å². The smallest absolute Gasteiger partial charge is 0.345 e. The molecule has 21 heavy (non-hydrogen) atoms. The maximum atomic E-state index is 12.5. The lowest BCUT2D eigenvalue weighted by atomic mass is 10.1. The standard InChI is InChI=1S/C12H14N2O4S3/c1-7-9(6-8(20-7)10(15)16)21(17,18)14-12(2,3)11-13-4-5-19-11/h4-6,14H,1-3H3,(H,15,16). The summed E-state index contributed by atoms with van der Waals surface area (Å²) in [5.41, 5.74) is -0.870. The molecule has 114 valence electrons. The predicted octanol–water partition coefficient (Wildman–Crippen LogP) is 2.42. The van der Waals surface area contributed by atoms with E-state index in [1.807, 2.05) is 0 Å². The van der Waals surface area contributed by atoms with E-state index in [1.54, 1.807) is 32.3 Å². The summed E-state index contributed by atoms with van der Waals surface area (Å²) in [4.78, 5) is 15.5. The second kappa shape index (κ2) is 5.48. The molecule has 0 radical (unpaired) electrons. The van der Waals surface area contributed by atoms with Gasteiger partial charge in [-0.3, -0.25) is 0 Å². The molecule has 2 aromatic rings. The van der Waals surface area contributed by atoms with Gasteiger partial charge in [0, 0.05) is 16.5 Å². The van der Waals surface area contributed by atoms with Gasteiger partial charge in [-0.15, -0.1) is 22.7 Å². The van der Waals surface area contributed by atoms with Gasteiger partial charge in [0.2, 0.25) is 10.0 Å². The molecule has 6 nitrogen and oxygen atoms in total. The fourth-order valence-electron chi connectivity index (χ4n) is 1.80. The van der Waals surface area contributed by atoms with Crippen molar-refractivity contribution in [2.75, 3.05) is 0 Å². The van der Waals surface area contributed by atoms with Gasteiger partial charge >= 0.3 is 5.97 Å². The Morgan fingerprint density at radius 3 is 2.57 bits per heavy atom. The summed E-state index contributed by atoms with van der Waals surface area (Å²) in [6, 6.07) is 1.18. The van der Waals surface area contributed by atoms with E-state index in [9.17, 15) is 13.2 Å². The fraction of sp³-hybridized carbons (Fsp3) is 0.333. The number of aryl methyl sites for hydroxylation is 1. The highest BCUT2D eigenvalue weighted by Gasteiger charge is 2.32. The first-order valence-corrected chi connectivity index (χ1v) is 9.09. The number of thiophene rings is 1. The largest absolute Gasteiger partial charge is 0.477 e. The lowest BCUT2D eigenvalue weighted by Gasteiger charge is -2.23. The van der Waals surface area contributed by atoms with E-state index in [0.717, 1.165) is 11.3 Å². The zero-order valence-corrected chi connectivity index (χ0v) is 14.0. The molecule has 2 aromatic heterocycles. The molecule has 2 N–H and O–H groups in total. The molecule has 0 aromatic carbocycles. The Morgan fingerprint density at radius 2 is 2.10 bits per heavy atom. The van der Waals surface area contributed by atoms with E-state index in [2.05, 4.69) is 9.71 Å². The van der Waals surface area contributed by atoms with Gasteiger partial charge in [0.25, 0.3) is 0 Å². The van der Waals surface area contributed by atoms with Crippen molar-refractivity contribution in [3.05, 3.63) is 32.4 Å². The third-order valence-corrected chi connectivity index (χ3v) is 6.78. The highest BCUT2D eigenvalue weighted by atomic mass is 32.2. The van der Waals surface area contributed by atoms with Gasteiger partial charge in [-0.1, -0.05) is 0 Å². The van der Waals surface area contributed by atoms with Gasteiger partial charge < -0.3 is 5.11 Å². The van der Waals surface area contributed by atoms with Crippen molar-refractivity contribution < 1.29 is 18.3 Å². The molecule has 0 bridgehead atoms. The molecule has 0 aliphatic rings. The van der Waals surface area contributed by atoms with Gasteiger partial charge in [-0.25, -0.2) is 18.2 Å². The first-order chi connectivity index (χ1) is 9.63. The average molecular weight is 346 g/mol. The van der Waals surface area contributed by atoms with Gasteiger partial charge in [0.1, 0.15) is 9.88 Å². The van der Waals surface area contributed by atoms with Crippen LogP contribution in [-0.2, 0) is 15.6 Å². The van der Waals surface area contributed by atoms with Crippen LogP contribution in [-0.4, -0.2) is 24.5 Å². The number of aromatic nitrogens is 1. The Labute approximate surface area is 130 Å². The summed E-state index contributed by atoms with van der Waals surface area (Å²) in [6.07, 6.45) is 1.61. The monoisotopic (exact) mass is 346 g/mol. The molecular formula is C12H14N2O4S3. The first kappa shape index (κ1) is 16.1. The molecule has 9 heteroatoms. The molecule has 2 heterocycles. The normalized spacial score (nSPS) is 12.5. The van der Waals surface area contributed by atoms with E-state index in [0.29, 0.717) is 9.88 Å². The van der Waals surface area contributed by atoms with Crippen LogP contribution in [0.2, 0.25) is 0 Å². The lowest BCUT2D eigenvalue weighted by Crippen LogP contribution is -2.40. The maximum Gasteiger partial charge on any atom is 0.345 e. The molecule has 0 aliphatic heterocycles. The Kier molecular flexibility index (Phi) is 4.20. The zero-order valence-electron chi connectivity index (χ0n) is 11.6. The summed E-state index contributed by atoms with van der Waals surface area (Å²) >= 11 is 2.29. The molecule has 0 fully saturated rings. The minimum Gasteiger partial charge on any atom is -0.477 e. The minimum absolute atomic E-state index is 0.0000651. The third kappa shape index (κ3) is 3.31. The molecule has 2 rings (SSSR count). The van der Waals surface area contributed by atoms with Crippen LogP contribution in [0.5, 0.6) is 0 Å². The second-order valence-corrected chi connectivity index (χ2v) is 8.71. The number of rotatable bonds is 5. The fourth-order valence-corrected chi connectivity index (χ4v) is 5.40. The van der Waals surface area contributed by atoms with E-state index in [-0.39, 0.29) is 9.77 Å². The van der Waals surface area contributed by atoms with Crippen LogP contribution in [0.3, 0.4) is 0 Å². The summed E-state index contributed by atoms with van der Waals surface area (Å²) in [5, 5.41) is 11.4. The number of aromatic carboxylic acids is 1. The van der Waals surface area contributed by atoms with Crippen LogP contribution >= 0.6 is 22.7 Å². The van der Waals surface area contributed by atoms with Crippen molar-refractivity contribution in [2.24, 2.45) is 0 Å². The van der Waals surface area contributed by atoms with Gasteiger partial charge in [-0.05, 0) is 26.8 Å². The molecule has 0 aliphatic carbocycles. The molecule has 0 amide bonds. The molecule has 0 atom stereocenters. The van der Waals surface area contributed by atoms with Crippen molar-refractivity contribution >= 4 is 38.7 Å². The quantitative estimate of drug-likeness (QED) is 0.867. The maximum absolute atomic E-state index is 12.5. The van der Waals surface area contributed by atoms with Crippen molar-refractivity contribution in [2.45, 2.75) is 31.2 Å². The van der Waals surface area contributed by atoms with E-state index in [1.165, 1.54) is 17.4 Å². The molecular weight excluding hydrogens is 332 g/mol. The van der Waals surface area contributed by atoms with Crippen LogP contribution in [0.15, 0.2) is 22.5 Å². The van der Waals surface area contributed by atoms with Gasteiger partial charge in [0.05, 0.1) is 10.4 Å². The zero-order chi connectivity index (χ0) is 15.8. The minimum atomic E-state index is -3.82. The predicted molar refractivity (Wildman–Crippen MR) is 81.5 cm³/mol. The number of carboxylic acids is 1. The number of hydrogen-bond donors (Lipinski definition) is 2. The first-order valence-electron chi connectivity index (χ1n) is 5.91. The highest BCUT2D eigenvalue weighted by molar-refractivity contribution is 7.89. The number of nitrogens with one attached hydrogen (secondary N) is 1. The van der Waals surface area contributed by atoms with Crippen LogP contribution in [0.25, 0.3) is 0 Å². The molecule has 0 saturated heterocycles. The highest BCUT2D eigenvalue weighted by Crippen LogP contribution is 2.29. The van der Waals surface area contributed by atoms with Crippen LogP contribution < -0.4 is 4.72 Å². The number of carboxylic acid groups (broad SMARTS) is 1. The van der Waals surface area contributed by atoms with Crippen molar-refractivity contribution in [1.29, 1.82) is 0 Å². The molecule has 0 unspecified atom stereocenters. The topological polar surface area (TPSA) is 96.4 Å². The Hall–Kier alpha value is -1.29. The average Bonchev–Trinajstić information content (AvgIpc) is 2.95. The van der Waals surface area contributed by atoms with Crippen LogP contribution in [0, 0.1) is 6.92 Å². The van der Waals surface area contributed by atoms with Gasteiger partial charge in [-0.2, -0.15) is 4.72 Å². The Balaban J connectivity index is 2.37. The summed E-state index contributed by atoms with van der Waals surface area (Å²) in [7, 11) is -3.82. The van der Waals surface area contributed by atoms with E-state index in [4.69, 9.17) is 5.11 Å². The Bertz CT molecular complexity index is 761.